The topological polar surface area (TPSA) is 29.3 Å². The minimum atomic E-state index is 0.394. The second-order valence-electron chi connectivity index (χ2n) is 6.15. The largest absolute Gasteiger partial charge is 0.329 e. The van der Waals surface area contributed by atoms with Crippen molar-refractivity contribution in [3.05, 3.63) is 35.4 Å². The van der Waals surface area contributed by atoms with Crippen LogP contribution in [0.3, 0.4) is 0 Å². The highest BCUT2D eigenvalue weighted by molar-refractivity contribution is 5.26. The molecule has 0 aliphatic heterocycles. The highest BCUT2D eigenvalue weighted by atomic mass is 15.2. The summed E-state index contributed by atoms with van der Waals surface area (Å²) in [5.41, 5.74) is 8.84. The van der Waals surface area contributed by atoms with Gasteiger partial charge in [-0.15, -0.1) is 0 Å². The van der Waals surface area contributed by atoms with Gasteiger partial charge in [0.15, 0.2) is 0 Å². The molecule has 19 heavy (non-hydrogen) atoms. The minimum Gasteiger partial charge on any atom is -0.329 e. The van der Waals surface area contributed by atoms with Gasteiger partial charge in [-0.3, -0.25) is 4.90 Å². The number of nitrogens with two attached hydrogens (primary N) is 1. The third-order valence-corrected chi connectivity index (χ3v) is 4.01. The van der Waals surface area contributed by atoms with Crippen molar-refractivity contribution in [2.45, 2.75) is 52.1 Å². The number of hydrogen-bond acceptors (Lipinski definition) is 2. The Kier molecular flexibility index (Phi) is 5.00. The lowest BCUT2D eigenvalue weighted by Gasteiger charge is -2.30. The molecule has 0 saturated heterocycles. The molecule has 0 aromatic heterocycles. The Morgan fingerprint density at radius 2 is 1.84 bits per heavy atom. The minimum absolute atomic E-state index is 0.394. The van der Waals surface area contributed by atoms with Gasteiger partial charge in [0.2, 0.25) is 0 Å². The summed E-state index contributed by atoms with van der Waals surface area (Å²) in [5, 5.41) is 0. The van der Waals surface area contributed by atoms with E-state index in [-0.39, 0.29) is 0 Å². The van der Waals surface area contributed by atoms with Crippen LogP contribution in [0.25, 0.3) is 0 Å². The van der Waals surface area contributed by atoms with Crippen LogP contribution in [-0.4, -0.2) is 24.0 Å². The molecule has 2 N–H and O–H groups in total. The average Bonchev–Trinajstić information content (AvgIpc) is 3.20. The maximum atomic E-state index is 6.02. The zero-order valence-corrected chi connectivity index (χ0v) is 12.6. The van der Waals surface area contributed by atoms with Gasteiger partial charge < -0.3 is 5.73 Å². The fourth-order valence-corrected chi connectivity index (χ4v) is 2.95. The molecule has 1 fully saturated rings. The Bertz CT molecular complexity index is 379. The number of hydrogen-bond donors (Lipinski definition) is 1. The van der Waals surface area contributed by atoms with Crippen molar-refractivity contribution in [2.24, 2.45) is 11.7 Å². The predicted octanol–water partition coefficient (Wildman–Crippen LogP) is 3.37. The monoisotopic (exact) mass is 260 g/mol. The standard InChI is InChI=1S/C17H28N2/c1-4-19(16-9-10-16)17(12-18)15-7-5-14(6-8-15)11-13(2)3/h5-8,13,16-17H,4,9-12,18H2,1-3H3. The number of rotatable bonds is 7. The number of likely N-dealkylation sites (N-methyl/N-ethyl adjacent to an activating group) is 1. The van der Waals surface area contributed by atoms with E-state index in [4.69, 9.17) is 5.73 Å². The van der Waals surface area contributed by atoms with Crippen molar-refractivity contribution in [1.82, 2.24) is 4.90 Å². The van der Waals surface area contributed by atoms with Crippen LogP contribution in [0, 0.1) is 5.92 Å². The van der Waals surface area contributed by atoms with Gasteiger partial charge in [-0.05, 0) is 42.9 Å². The summed E-state index contributed by atoms with van der Waals surface area (Å²) in [6.45, 7) is 8.59. The Hall–Kier alpha value is -0.860. The Morgan fingerprint density at radius 1 is 1.21 bits per heavy atom. The molecule has 2 rings (SSSR count). The molecular weight excluding hydrogens is 232 g/mol. The molecular formula is C17H28N2. The third-order valence-electron chi connectivity index (χ3n) is 4.01. The molecule has 1 unspecified atom stereocenters. The highest BCUT2D eigenvalue weighted by Gasteiger charge is 2.32. The first-order chi connectivity index (χ1) is 9.15. The van der Waals surface area contributed by atoms with Crippen molar-refractivity contribution >= 4 is 0 Å². The van der Waals surface area contributed by atoms with E-state index < -0.39 is 0 Å². The molecule has 1 aromatic carbocycles. The van der Waals surface area contributed by atoms with Gasteiger partial charge in [0.05, 0.1) is 0 Å². The van der Waals surface area contributed by atoms with E-state index in [0.717, 1.165) is 24.9 Å². The normalized spacial score (nSPS) is 17.2. The van der Waals surface area contributed by atoms with Gasteiger partial charge in [-0.1, -0.05) is 45.0 Å². The molecule has 1 saturated carbocycles. The van der Waals surface area contributed by atoms with Crippen molar-refractivity contribution < 1.29 is 0 Å². The molecule has 1 aliphatic carbocycles. The van der Waals surface area contributed by atoms with Gasteiger partial charge in [-0.2, -0.15) is 0 Å². The van der Waals surface area contributed by atoms with Crippen LogP contribution in [0.1, 0.15) is 50.8 Å². The fraction of sp³-hybridized carbons (Fsp3) is 0.647. The first kappa shape index (κ1) is 14.5. The number of benzene rings is 1. The second kappa shape index (κ2) is 6.53. The van der Waals surface area contributed by atoms with E-state index in [1.54, 1.807) is 0 Å². The molecule has 2 heteroatoms. The summed E-state index contributed by atoms with van der Waals surface area (Å²) >= 11 is 0. The van der Waals surface area contributed by atoms with E-state index in [9.17, 15) is 0 Å². The van der Waals surface area contributed by atoms with Gasteiger partial charge in [0, 0.05) is 18.6 Å². The zero-order valence-electron chi connectivity index (χ0n) is 12.6. The molecule has 106 valence electrons. The number of nitrogens with zero attached hydrogens (tertiary/aromatic N) is 1. The van der Waals surface area contributed by atoms with Crippen LogP contribution in [0.15, 0.2) is 24.3 Å². The molecule has 1 aromatic rings. The van der Waals surface area contributed by atoms with E-state index in [1.807, 2.05) is 0 Å². The molecule has 2 nitrogen and oxygen atoms in total. The van der Waals surface area contributed by atoms with Crippen LogP contribution in [-0.2, 0) is 6.42 Å². The zero-order chi connectivity index (χ0) is 13.8. The molecule has 0 radical (unpaired) electrons. The van der Waals surface area contributed by atoms with Crippen LogP contribution in [0.5, 0.6) is 0 Å². The average molecular weight is 260 g/mol. The van der Waals surface area contributed by atoms with E-state index in [0.29, 0.717) is 12.6 Å². The Morgan fingerprint density at radius 3 is 2.26 bits per heavy atom. The molecule has 0 bridgehead atoms. The Labute approximate surface area is 118 Å². The summed E-state index contributed by atoms with van der Waals surface area (Å²) in [6.07, 6.45) is 3.85. The van der Waals surface area contributed by atoms with Crippen LogP contribution in [0.2, 0.25) is 0 Å². The molecule has 1 aliphatic rings. The molecule has 0 spiro atoms. The summed E-state index contributed by atoms with van der Waals surface area (Å²) in [4.78, 5) is 2.57. The van der Waals surface area contributed by atoms with Crippen molar-refractivity contribution in [2.75, 3.05) is 13.1 Å². The van der Waals surface area contributed by atoms with E-state index in [2.05, 4.69) is 49.9 Å². The van der Waals surface area contributed by atoms with Gasteiger partial charge in [0.1, 0.15) is 0 Å². The van der Waals surface area contributed by atoms with Crippen LogP contribution < -0.4 is 5.73 Å². The lowest BCUT2D eigenvalue weighted by molar-refractivity contribution is 0.202. The highest BCUT2D eigenvalue weighted by Crippen LogP contribution is 2.33. The lowest BCUT2D eigenvalue weighted by Crippen LogP contribution is -2.35. The molecule has 0 heterocycles. The summed E-state index contributed by atoms with van der Waals surface area (Å²) < 4.78 is 0. The van der Waals surface area contributed by atoms with Crippen molar-refractivity contribution in [3.63, 3.8) is 0 Å². The second-order valence-corrected chi connectivity index (χ2v) is 6.15. The maximum absolute atomic E-state index is 6.02. The maximum Gasteiger partial charge on any atom is 0.0473 e. The summed E-state index contributed by atoms with van der Waals surface area (Å²) in [7, 11) is 0. The van der Waals surface area contributed by atoms with Gasteiger partial charge in [-0.25, -0.2) is 0 Å². The van der Waals surface area contributed by atoms with Gasteiger partial charge in [0.25, 0.3) is 0 Å². The van der Waals surface area contributed by atoms with Gasteiger partial charge >= 0.3 is 0 Å². The van der Waals surface area contributed by atoms with Crippen molar-refractivity contribution in [1.29, 1.82) is 0 Å². The Balaban J connectivity index is 2.09. The first-order valence-electron chi connectivity index (χ1n) is 7.70. The lowest BCUT2D eigenvalue weighted by atomic mass is 9.98. The summed E-state index contributed by atoms with van der Waals surface area (Å²) in [6, 6.07) is 10.3. The van der Waals surface area contributed by atoms with Crippen molar-refractivity contribution in [3.8, 4) is 0 Å². The smallest absolute Gasteiger partial charge is 0.0473 e. The summed E-state index contributed by atoms with van der Waals surface area (Å²) in [5.74, 6) is 0.717. The third kappa shape index (κ3) is 3.80. The SMILES string of the molecule is CCN(C1CC1)C(CN)c1ccc(CC(C)C)cc1. The quantitative estimate of drug-likeness (QED) is 0.814. The van der Waals surface area contributed by atoms with Crippen LogP contribution >= 0.6 is 0 Å². The predicted molar refractivity (Wildman–Crippen MR) is 82.2 cm³/mol. The van der Waals surface area contributed by atoms with E-state index in [1.165, 1.54) is 24.0 Å². The first-order valence-corrected chi connectivity index (χ1v) is 7.70. The molecule has 1 atom stereocenters. The molecule has 0 amide bonds. The van der Waals surface area contributed by atoms with Crippen LogP contribution in [0.4, 0.5) is 0 Å². The van der Waals surface area contributed by atoms with E-state index >= 15 is 0 Å². The fourth-order valence-electron chi connectivity index (χ4n) is 2.95.